The highest BCUT2D eigenvalue weighted by atomic mass is 35.5. The molecule has 0 bridgehead atoms. The van der Waals surface area contributed by atoms with Gasteiger partial charge in [0.15, 0.2) is 11.5 Å². The fourth-order valence-corrected chi connectivity index (χ4v) is 2.97. The topological polar surface area (TPSA) is 59.8 Å². The normalized spacial score (nSPS) is 20.1. The molecule has 1 saturated heterocycles. The van der Waals surface area contributed by atoms with Crippen LogP contribution in [0.4, 0.5) is 0 Å². The molecular weight excluding hydrogens is 278 g/mol. The van der Waals surface area contributed by atoms with Crippen LogP contribution in [0, 0.1) is 0 Å². The van der Waals surface area contributed by atoms with Gasteiger partial charge >= 0.3 is 0 Å². The monoisotopic (exact) mass is 297 g/mol. The Kier molecular flexibility index (Phi) is 4.31. The third-order valence-electron chi connectivity index (χ3n) is 3.78. The number of hydrogen-bond donors (Lipinski definition) is 2. The second-order valence-electron chi connectivity index (χ2n) is 5.20. The van der Waals surface area contributed by atoms with Crippen LogP contribution < -0.4 is 20.6 Å². The zero-order valence-electron chi connectivity index (χ0n) is 11.4. The summed E-state index contributed by atoms with van der Waals surface area (Å²) in [4.78, 5) is 0. The Morgan fingerprint density at radius 1 is 1.25 bits per heavy atom. The number of halogens is 1. The number of benzene rings is 1. The van der Waals surface area contributed by atoms with Crippen molar-refractivity contribution in [3.8, 4) is 11.5 Å². The highest BCUT2D eigenvalue weighted by Gasteiger charge is 2.22. The second kappa shape index (κ2) is 6.18. The third kappa shape index (κ3) is 2.86. The van der Waals surface area contributed by atoms with Gasteiger partial charge in [0, 0.05) is 19.6 Å². The molecule has 1 fully saturated rings. The van der Waals surface area contributed by atoms with Crippen LogP contribution in [0.2, 0.25) is 5.02 Å². The number of hydrazine groups is 1. The summed E-state index contributed by atoms with van der Waals surface area (Å²) in [6, 6.07) is 3.91. The Morgan fingerprint density at radius 3 is 2.80 bits per heavy atom. The third-order valence-corrected chi connectivity index (χ3v) is 4.06. The molecule has 0 spiro atoms. The second-order valence-corrected chi connectivity index (χ2v) is 5.61. The Bertz CT molecular complexity index is 478. The predicted octanol–water partition coefficient (Wildman–Crippen LogP) is 2.06. The molecule has 0 saturated carbocycles. The molecule has 0 aliphatic carbocycles. The Hall–Kier alpha value is -1.01. The smallest absolute Gasteiger partial charge is 0.231 e. The van der Waals surface area contributed by atoms with Gasteiger partial charge in [0.05, 0.1) is 11.1 Å². The van der Waals surface area contributed by atoms with Crippen LogP contribution in [-0.4, -0.2) is 31.4 Å². The zero-order valence-corrected chi connectivity index (χ0v) is 12.2. The van der Waals surface area contributed by atoms with E-state index in [1.165, 1.54) is 19.3 Å². The number of nitrogens with one attached hydrogen (secondary N) is 1. The standard InChI is InChI=1S/C14H20ClN3O2/c15-11-6-10(7-13-14(11)20-9-19-13)12(8-16)17-18-4-2-1-3-5-18/h6-7,12,17H,1-5,8-9,16H2. The summed E-state index contributed by atoms with van der Waals surface area (Å²) in [6.07, 6.45) is 3.76. The molecule has 5 nitrogen and oxygen atoms in total. The number of nitrogens with zero attached hydrogens (tertiary/aromatic N) is 1. The highest BCUT2D eigenvalue weighted by Crippen LogP contribution is 2.41. The van der Waals surface area contributed by atoms with E-state index in [1.54, 1.807) is 0 Å². The molecule has 1 unspecified atom stereocenters. The van der Waals surface area contributed by atoms with Crippen LogP contribution in [0.15, 0.2) is 12.1 Å². The fourth-order valence-electron chi connectivity index (χ4n) is 2.70. The molecule has 110 valence electrons. The van der Waals surface area contributed by atoms with E-state index >= 15 is 0 Å². The van der Waals surface area contributed by atoms with E-state index in [0.29, 0.717) is 23.1 Å². The average Bonchev–Trinajstić information content (AvgIpc) is 2.95. The van der Waals surface area contributed by atoms with Crippen molar-refractivity contribution in [1.82, 2.24) is 10.4 Å². The lowest BCUT2D eigenvalue weighted by molar-refractivity contribution is 0.130. The first-order chi connectivity index (χ1) is 9.78. The first kappa shape index (κ1) is 13.9. The average molecular weight is 298 g/mol. The summed E-state index contributed by atoms with van der Waals surface area (Å²) in [5.74, 6) is 1.33. The first-order valence-corrected chi connectivity index (χ1v) is 7.46. The lowest BCUT2D eigenvalue weighted by Gasteiger charge is -2.31. The van der Waals surface area contributed by atoms with Crippen LogP contribution in [0.25, 0.3) is 0 Å². The Labute approximate surface area is 123 Å². The molecule has 6 heteroatoms. The van der Waals surface area contributed by atoms with Crippen molar-refractivity contribution in [3.05, 3.63) is 22.7 Å². The molecule has 2 heterocycles. The molecule has 1 aromatic carbocycles. The summed E-state index contributed by atoms with van der Waals surface area (Å²) >= 11 is 6.23. The van der Waals surface area contributed by atoms with E-state index in [9.17, 15) is 0 Å². The number of ether oxygens (including phenoxy) is 2. The summed E-state index contributed by atoms with van der Waals surface area (Å²) in [5.41, 5.74) is 10.4. The lowest BCUT2D eigenvalue weighted by atomic mass is 10.1. The van der Waals surface area contributed by atoms with Crippen molar-refractivity contribution >= 4 is 11.6 Å². The summed E-state index contributed by atoms with van der Waals surface area (Å²) in [7, 11) is 0. The van der Waals surface area contributed by atoms with Gasteiger partial charge < -0.3 is 15.2 Å². The van der Waals surface area contributed by atoms with Crippen molar-refractivity contribution in [2.24, 2.45) is 5.73 Å². The minimum Gasteiger partial charge on any atom is -0.454 e. The van der Waals surface area contributed by atoms with Crippen molar-refractivity contribution in [2.75, 3.05) is 26.4 Å². The van der Waals surface area contributed by atoms with Crippen LogP contribution in [0.3, 0.4) is 0 Å². The van der Waals surface area contributed by atoms with Gasteiger partial charge in [0.2, 0.25) is 6.79 Å². The first-order valence-electron chi connectivity index (χ1n) is 7.08. The zero-order chi connectivity index (χ0) is 13.9. The Balaban J connectivity index is 1.76. The molecule has 20 heavy (non-hydrogen) atoms. The molecule has 0 radical (unpaired) electrons. The number of hydrogen-bond acceptors (Lipinski definition) is 5. The van der Waals surface area contributed by atoms with E-state index < -0.39 is 0 Å². The lowest BCUT2D eigenvalue weighted by Crippen LogP contribution is -2.45. The minimum atomic E-state index is 0.0418. The molecule has 0 amide bonds. The molecule has 3 N–H and O–H groups in total. The molecule has 3 rings (SSSR count). The van der Waals surface area contributed by atoms with Gasteiger partial charge in [-0.1, -0.05) is 18.0 Å². The van der Waals surface area contributed by atoms with Crippen LogP contribution >= 0.6 is 11.6 Å². The van der Waals surface area contributed by atoms with Crippen LogP contribution in [0.1, 0.15) is 30.9 Å². The Morgan fingerprint density at radius 2 is 2.05 bits per heavy atom. The molecule has 1 atom stereocenters. The summed E-state index contributed by atoms with van der Waals surface area (Å²) < 4.78 is 10.7. The van der Waals surface area contributed by atoms with Crippen molar-refractivity contribution in [1.29, 1.82) is 0 Å². The molecule has 0 aromatic heterocycles. The summed E-state index contributed by atoms with van der Waals surface area (Å²) in [5, 5.41) is 2.83. The van der Waals surface area contributed by atoms with E-state index in [1.807, 2.05) is 12.1 Å². The number of piperidine rings is 1. The highest BCUT2D eigenvalue weighted by molar-refractivity contribution is 6.32. The molecule has 1 aromatic rings. The minimum absolute atomic E-state index is 0.0418. The van der Waals surface area contributed by atoms with Crippen LogP contribution in [-0.2, 0) is 0 Å². The van der Waals surface area contributed by atoms with Gasteiger partial charge in [0.25, 0.3) is 0 Å². The maximum Gasteiger partial charge on any atom is 0.231 e. The van der Waals surface area contributed by atoms with Crippen molar-refractivity contribution in [2.45, 2.75) is 25.3 Å². The summed E-state index contributed by atoms with van der Waals surface area (Å²) in [6.45, 7) is 2.86. The molecular formula is C14H20ClN3O2. The van der Waals surface area contributed by atoms with Gasteiger partial charge in [-0.25, -0.2) is 10.4 Å². The number of fused-ring (bicyclic) bond motifs is 1. The maximum atomic E-state index is 6.23. The van der Waals surface area contributed by atoms with E-state index in [0.717, 1.165) is 18.7 Å². The van der Waals surface area contributed by atoms with Gasteiger partial charge in [-0.3, -0.25) is 0 Å². The number of rotatable bonds is 4. The molecule has 2 aliphatic heterocycles. The van der Waals surface area contributed by atoms with Crippen LogP contribution in [0.5, 0.6) is 11.5 Å². The largest absolute Gasteiger partial charge is 0.454 e. The van der Waals surface area contributed by atoms with Crippen molar-refractivity contribution < 1.29 is 9.47 Å². The van der Waals surface area contributed by atoms with Gasteiger partial charge in [-0.05, 0) is 30.5 Å². The van der Waals surface area contributed by atoms with Crippen molar-refractivity contribution in [3.63, 3.8) is 0 Å². The molecule has 2 aliphatic rings. The quantitative estimate of drug-likeness (QED) is 0.891. The maximum absolute atomic E-state index is 6.23. The van der Waals surface area contributed by atoms with E-state index in [2.05, 4.69) is 10.4 Å². The fraction of sp³-hybridized carbons (Fsp3) is 0.571. The predicted molar refractivity (Wildman–Crippen MR) is 77.9 cm³/mol. The van der Waals surface area contributed by atoms with Gasteiger partial charge in [0.1, 0.15) is 0 Å². The van der Waals surface area contributed by atoms with E-state index in [-0.39, 0.29) is 12.8 Å². The SMILES string of the molecule is NCC(NN1CCCCC1)c1cc(Cl)c2c(c1)OCO2. The number of nitrogens with two attached hydrogens (primary N) is 1. The van der Waals surface area contributed by atoms with E-state index in [4.69, 9.17) is 26.8 Å². The van der Waals surface area contributed by atoms with Gasteiger partial charge in [-0.15, -0.1) is 0 Å². The van der Waals surface area contributed by atoms with Gasteiger partial charge in [-0.2, -0.15) is 0 Å².